The standard InChI is InChI=1S/C15H28O4/c1-4-5-6-7-8-9-10-11-13(16)19-14(12(2)3)15(17)18/h12,14H,4-11H2,1-3H3,(H,17,18). The average Bonchev–Trinajstić information content (AvgIpc) is 2.34. The second-order valence-corrected chi connectivity index (χ2v) is 5.36. The van der Waals surface area contributed by atoms with E-state index in [1.165, 1.54) is 25.7 Å². The van der Waals surface area contributed by atoms with Gasteiger partial charge in [-0.25, -0.2) is 4.79 Å². The molecule has 0 saturated heterocycles. The third-order valence-electron chi connectivity index (χ3n) is 3.09. The van der Waals surface area contributed by atoms with Crippen LogP contribution >= 0.6 is 0 Å². The van der Waals surface area contributed by atoms with Crippen molar-refractivity contribution in [2.24, 2.45) is 5.92 Å². The molecule has 1 N–H and O–H groups in total. The quantitative estimate of drug-likeness (QED) is 0.459. The van der Waals surface area contributed by atoms with Crippen LogP contribution in [0, 0.1) is 5.92 Å². The minimum Gasteiger partial charge on any atom is -0.478 e. The Morgan fingerprint density at radius 3 is 2.00 bits per heavy atom. The number of ether oxygens (including phenoxy) is 1. The third-order valence-corrected chi connectivity index (χ3v) is 3.09. The number of carbonyl (C=O) groups is 2. The molecule has 0 aromatic heterocycles. The summed E-state index contributed by atoms with van der Waals surface area (Å²) in [6.07, 6.45) is 7.23. The Hall–Kier alpha value is -1.06. The van der Waals surface area contributed by atoms with Gasteiger partial charge in [0.05, 0.1) is 0 Å². The molecule has 0 aliphatic heterocycles. The number of esters is 1. The van der Waals surface area contributed by atoms with Crippen LogP contribution in [-0.2, 0) is 14.3 Å². The molecule has 0 aliphatic carbocycles. The van der Waals surface area contributed by atoms with Crippen molar-refractivity contribution in [1.82, 2.24) is 0 Å². The van der Waals surface area contributed by atoms with Crippen molar-refractivity contribution < 1.29 is 19.4 Å². The maximum absolute atomic E-state index is 11.5. The zero-order valence-corrected chi connectivity index (χ0v) is 12.5. The smallest absolute Gasteiger partial charge is 0.345 e. The summed E-state index contributed by atoms with van der Waals surface area (Å²) in [5, 5.41) is 8.91. The summed E-state index contributed by atoms with van der Waals surface area (Å²) < 4.78 is 4.98. The molecule has 0 fully saturated rings. The van der Waals surface area contributed by atoms with E-state index in [0.29, 0.717) is 6.42 Å². The molecule has 0 aromatic carbocycles. The van der Waals surface area contributed by atoms with Gasteiger partial charge in [0, 0.05) is 12.3 Å². The fraction of sp³-hybridized carbons (Fsp3) is 0.867. The van der Waals surface area contributed by atoms with E-state index in [-0.39, 0.29) is 5.92 Å². The summed E-state index contributed by atoms with van der Waals surface area (Å²) in [7, 11) is 0. The number of unbranched alkanes of at least 4 members (excludes halogenated alkanes) is 6. The molecule has 0 radical (unpaired) electrons. The number of carbonyl (C=O) groups excluding carboxylic acids is 1. The van der Waals surface area contributed by atoms with Gasteiger partial charge in [0.15, 0.2) is 0 Å². The van der Waals surface area contributed by atoms with Gasteiger partial charge in [0.25, 0.3) is 0 Å². The average molecular weight is 272 g/mol. The van der Waals surface area contributed by atoms with Gasteiger partial charge in [-0.3, -0.25) is 4.79 Å². The van der Waals surface area contributed by atoms with Crippen LogP contribution in [0.5, 0.6) is 0 Å². The predicted molar refractivity (Wildman–Crippen MR) is 75.0 cm³/mol. The molecule has 1 atom stereocenters. The van der Waals surface area contributed by atoms with Crippen LogP contribution in [-0.4, -0.2) is 23.1 Å². The van der Waals surface area contributed by atoms with E-state index < -0.39 is 18.0 Å². The van der Waals surface area contributed by atoms with Gasteiger partial charge in [-0.1, -0.05) is 59.3 Å². The summed E-state index contributed by atoms with van der Waals surface area (Å²) >= 11 is 0. The van der Waals surface area contributed by atoms with Crippen LogP contribution in [0.1, 0.15) is 72.1 Å². The predicted octanol–water partition coefficient (Wildman–Crippen LogP) is 3.78. The highest BCUT2D eigenvalue weighted by Gasteiger charge is 2.25. The van der Waals surface area contributed by atoms with E-state index in [1.807, 2.05) is 0 Å². The molecule has 19 heavy (non-hydrogen) atoms. The lowest BCUT2D eigenvalue weighted by Gasteiger charge is -2.16. The van der Waals surface area contributed by atoms with E-state index in [1.54, 1.807) is 13.8 Å². The molecular weight excluding hydrogens is 244 g/mol. The Balaban J connectivity index is 3.66. The minimum absolute atomic E-state index is 0.199. The van der Waals surface area contributed by atoms with Gasteiger partial charge in [-0.2, -0.15) is 0 Å². The molecule has 0 amide bonds. The van der Waals surface area contributed by atoms with Crippen molar-refractivity contribution in [2.45, 2.75) is 78.2 Å². The summed E-state index contributed by atoms with van der Waals surface area (Å²) in [4.78, 5) is 22.4. The number of carboxylic acid groups (broad SMARTS) is 1. The Kier molecular flexibility index (Phi) is 10.2. The van der Waals surface area contributed by atoms with Crippen molar-refractivity contribution in [3.05, 3.63) is 0 Å². The van der Waals surface area contributed by atoms with Gasteiger partial charge < -0.3 is 9.84 Å². The lowest BCUT2D eigenvalue weighted by molar-refractivity contribution is -0.167. The summed E-state index contributed by atoms with van der Waals surface area (Å²) in [6, 6.07) is 0. The lowest BCUT2D eigenvalue weighted by Crippen LogP contribution is -2.31. The van der Waals surface area contributed by atoms with Crippen molar-refractivity contribution in [3.63, 3.8) is 0 Å². The summed E-state index contributed by atoms with van der Waals surface area (Å²) in [5.41, 5.74) is 0. The highest BCUT2D eigenvalue weighted by Crippen LogP contribution is 2.12. The summed E-state index contributed by atoms with van der Waals surface area (Å²) in [6.45, 7) is 5.66. The van der Waals surface area contributed by atoms with E-state index in [4.69, 9.17) is 9.84 Å². The van der Waals surface area contributed by atoms with Gasteiger partial charge in [-0.05, 0) is 6.42 Å². The first-order chi connectivity index (χ1) is 8.99. The van der Waals surface area contributed by atoms with Gasteiger partial charge in [-0.15, -0.1) is 0 Å². The van der Waals surface area contributed by atoms with Gasteiger partial charge >= 0.3 is 11.9 Å². The van der Waals surface area contributed by atoms with Crippen LogP contribution in [0.25, 0.3) is 0 Å². The maximum atomic E-state index is 11.5. The second-order valence-electron chi connectivity index (χ2n) is 5.36. The Morgan fingerprint density at radius 1 is 1.00 bits per heavy atom. The molecule has 1 unspecified atom stereocenters. The molecule has 0 aliphatic rings. The van der Waals surface area contributed by atoms with Crippen LogP contribution < -0.4 is 0 Å². The molecule has 0 rings (SSSR count). The Morgan fingerprint density at radius 2 is 1.53 bits per heavy atom. The number of hydrogen-bond acceptors (Lipinski definition) is 3. The molecule has 0 aromatic rings. The van der Waals surface area contributed by atoms with Crippen molar-refractivity contribution >= 4 is 11.9 Å². The van der Waals surface area contributed by atoms with Crippen molar-refractivity contribution in [2.75, 3.05) is 0 Å². The largest absolute Gasteiger partial charge is 0.478 e. The molecule has 0 spiro atoms. The van der Waals surface area contributed by atoms with E-state index in [9.17, 15) is 9.59 Å². The van der Waals surface area contributed by atoms with E-state index in [0.717, 1.165) is 19.3 Å². The molecule has 4 nitrogen and oxygen atoms in total. The van der Waals surface area contributed by atoms with Gasteiger partial charge in [0.1, 0.15) is 0 Å². The highest BCUT2D eigenvalue weighted by molar-refractivity contribution is 5.78. The number of carboxylic acids is 1. The van der Waals surface area contributed by atoms with E-state index >= 15 is 0 Å². The number of aliphatic carboxylic acids is 1. The van der Waals surface area contributed by atoms with Crippen LogP contribution in [0.15, 0.2) is 0 Å². The first kappa shape index (κ1) is 17.9. The molecule has 0 heterocycles. The van der Waals surface area contributed by atoms with Crippen molar-refractivity contribution in [1.29, 1.82) is 0 Å². The summed E-state index contributed by atoms with van der Waals surface area (Å²) in [5.74, 6) is -1.66. The topological polar surface area (TPSA) is 63.6 Å². The normalized spacial score (nSPS) is 12.4. The van der Waals surface area contributed by atoms with Crippen LogP contribution in [0.3, 0.4) is 0 Å². The Labute approximate surface area is 116 Å². The molecule has 0 saturated carbocycles. The van der Waals surface area contributed by atoms with Crippen LogP contribution in [0.4, 0.5) is 0 Å². The van der Waals surface area contributed by atoms with Crippen LogP contribution in [0.2, 0.25) is 0 Å². The fourth-order valence-electron chi connectivity index (χ4n) is 1.90. The number of rotatable bonds is 11. The first-order valence-electron chi connectivity index (χ1n) is 7.41. The SMILES string of the molecule is CCCCCCCCCC(=O)OC(C(=O)O)C(C)C. The minimum atomic E-state index is -1.07. The zero-order valence-electron chi connectivity index (χ0n) is 12.5. The second kappa shape index (κ2) is 10.8. The van der Waals surface area contributed by atoms with Crippen molar-refractivity contribution in [3.8, 4) is 0 Å². The van der Waals surface area contributed by atoms with E-state index in [2.05, 4.69) is 6.92 Å². The highest BCUT2D eigenvalue weighted by atomic mass is 16.6. The molecular formula is C15H28O4. The Bertz CT molecular complexity index is 261. The number of hydrogen-bond donors (Lipinski definition) is 1. The zero-order chi connectivity index (χ0) is 14.7. The third kappa shape index (κ3) is 9.51. The lowest BCUT2D eigenvalue weighted by atomic mass is 10.1. The monoisotopic (exact) mass is 272 g/mol. The molecule has 4 heteroatoms. The first-order valence-corrected chi connectivity index (χ1v) is 7.41. The fourth-order valence-corrected chi connectivity index (χ4v) is 1.90. The maximum Gasteiger partial charge on any atom is 0.345 e. The van der Waals surface area contributed by atoms with Gasteiger partial charge in [0.2, 0.25) is 6.10 Å². The molecule has 112 valence electrons. The molecule has 0 bridgehead atoms.